The van der Waals surface area contributed by atoms with E-state index in [1.54, 1.807) is 19.1 Å². The van der Waals surface area contributed by atoms with Gasteiger partial charge >= 0.3 is 6.09 Å². The van der Waals surface area contributed by atoms with Gasteiger partial charge < -0.3 is 4.74 Å². The summed E-state index contributed by atoms with van der Waals surface area (Å²) in [5.74, 6) is -1.17. The lowest BCUT2D eigenvalue weighted by Crippen LogP contribution is -2.18. The van der Waals surface area contributed by atoms with Crippen LogP contribution in [0.2, 0.25) is 0 Å². The summed E-state index contributed by atoms with van der Waals surface area (Å²) in [5, 5.41) is 2.48. The third-order valence-corrected chi connectivity index (χ3v) is 3.94. The van der Waals surface area contributed by atoms with Crippen LogP contribution in [0.3, 0.4) is 0 Å². The van der Waals surface area contributed by atoms with Crippen molar-refractivity contribution in [1.82, 2.24) is 4.98 Å². The van der Waals surface area contributed by atoms with Crippen molar-refractivity contribution >= 4 is 17.7 Å². The summed E-state index contributed by atoms with van der Waals surface area (Å²) in [6.45, 7) is 1.77. The molecule has 1 heterocycles. The quantitative estimate of drug-likeness (QED) is 0.677. The minimum Gasteiger partial charge on any atom is -0.444 e. The van der Waals surface area contributed by atoms with Gasteiger partial charge in [-0.25, -0.2) is 14.2 Å². The number of hydrogen-bond donors (Lipinski definition) is 1. The van der Waals surface area contributed by atoms with Crippen molar-refractivity contribution in [3.8, 4) is 0 Å². The van der Waals surface area contributed by atoms with Crippen molar-refractivity contribution in [3.05, 3.63) is 94.9 Å². The number of nitrogens with one attached hydrogen (secondary N) is 1. The number of aryl methyl sites for hydroxylation is 1. The minimum absolute atomic E-state index is 0.0290. The molecule has 3 aromatic rings. The van der Waals surface area contributed by atoms with Crippen molar-refractivity contribution in [2.24, 2.45) is 0 Å². The van der Waals surface area contributed by atoms with E-state index in [1.165, 1.54) is 24.4 Å². The number of nitrogens with zero attached hydrogens (tertiary/aromatic N) is 1. The number of pyridine rings is 1. The van der Waals surface area contributed by atoms with E-state index in [0.29, 0.717) is 5.56 Å². The van der Waals surface area contributed by atoms with Gasteiger partial charge in [0.1, 0.15) is 18.2 Å². The molecule has 1 N–H and O–H groups in total. The summed E-state index contributed by atoms with van der Waals surface area (Å²) in [6.07, 6.45) is 0.708. The summed E-state index contributed by atoms with van der Waals surface area (Å²) < 4.78 is 19.2. The highest BCUT2D eigenvalue weighted by Crippen LogP contribution is 2.22. The molecule has 0 aliphatic heterocycles. The average molecular weight is 364 g/mol. The summed E-state index contributed by atoms with van der Waals surface area (Å²) >= 11 is 0. The second-order valence-electron chi connectivity index (χ2n) is 5.85. The molecule has 2 aromatic carbocycles. The number of benzene rings is 2. The molecule has 0 fully saturated rings. The Morgan fingerprint density at radius 1 is 1.04 bits per heavy atom. The van der Waals surface area contributed by atoms with Crippen LogP contribution >= 0.6 is 0 Å². The lowest BCUT2D eigenvalue weighted by atomic mass is 9.99. The molecule has 5 nitrogen and oxygen atoms in total. The maximum atomic E-state index is 14.0. The molecule has 6 heteroatoms. The highest BCUT2D eigenvalue weighted by molar-refractivity contribution is 6.13. The molecule has 0 unspecified atom stereocenters. The van der Waals surface area contributed by atoms with Gasteiger partial charge in [0, 0.05) is 6.20 Å². The van der Waals surface area contributed by atoms with Gasteiger partial charge in [0.2, 0.25) is 0 Å². The predicted octanol–water partition coefficient (Wildman–Crippen LogP) is 4.51. The molecule has 27 heavy (non-hydrogen) atoms. The van der Waals surface area contributed by atoms with Crippen LogP contribution in [-0.2, 0) is 11.3 Å². The number of ether oxygens (including phenoxy) is 1. The van der Waals surface area contributed by atoms with E-state index in [1.807, 2.05) is 30.3 Å². The van der Waals surface area contributed by atoms with Crippen molar-refractivity contribution in [3.63, 3.8) is 0 Å². The maximum Gasteiger partial charge on any atom is 0.413 e. The molecule has 0 radical (unpaired) electrons. The van der Waals surface area contributed by atoms with E-state index in [2.05, 4.69) is 10.3 Å². The standard InChI is InChI=1S/C21H17FN2O3/c1-14-11-12-23-20(18(14)19(25)16-9-5-6-10-17(16)22)24-21(26)27-13-15-7-3-2-4-8-15/h2-12H,13H2,1H3,(H,23,24,26). The molecule has 0 aliphatic carbocycles. The second kappa shape index (κ2) is 8.23. The largest absolute Gasteiger partial charge is 0.444 e. The first-order valence-corrected chi connectivity index (χ1v) is 8.29. The molecule has 0 atom stereocenters. The molecular formula is C21H17FN2O3. The molecule has 0 aliphatic rings. The minimum atomic E-state index is -0.750. The first-order valence-electron chi connectivity index (χ1n) is 8.29. The van der Waals surface area contributed by atoms with Gasteiger partial charge in [0.05, 0.1) is 11.1 Å². The Hall–Kier alpha value is -3.54. The number of anilines is 1. The zero-order valence-corrected chi connectivity index (χ0v) is 14.6. The fourth-order valence-electron chi connectivity index (χ4n) is 2.58. The molecule has 0 saturated heterocycles. The first kappa shape index (κ1) is 18.3. The predicted molar refractivity (Wildman–Crippen MR) is 99.1 cm³/mol. The SMILES string of the molecule is Cc1ccnc(NC(=O)OCc2ccccc2)c1C(=O)c1ccccc1F. The number of rotatable bonds is 5. The monoisotopic (exact) mass is 364 g/mol. The van der Waals surface area contributed by atoms with Crippen molar-refractivity contribution in [2.75, 3.05) is 5.32 Å². The number of halogens is 1. The summed E-state index contributed by atoms with van der Waals surface area (Å²) in [6, 6.07) is 16.5. The highest BCUT2D eigenvalue weighted by atomic mass is 19.1. The van der Waals surface area contributed by atoms with Crippen LogP contribution < -0.4 is 5.32 Å². The van der Waals surface area contributed by atoms with Crippen LogP contribution in [-0.4, -0.2) is 16.9 Å². The molecule has 1 aromatic heterocycles. The Labute approximate surface area is 155 Å². The van der Waals surface area contributed by atoms with E-state index in [0.717, 1.165) is 5.56 Å². The van der Waals surface area contributed by atoms with Crippen LogP contribution in [0.1, 0.15) is 27.0 Å². The summed E-state index contributed by atoms with van der Waals surface area (Å²) in [4.78, 5) is 29.0. The maximum absolute atomic E-state index is 14.0. The number of amides is 1. The topological polar surface area (TPSA) is 68.3 Å². The molecule has 0 spiro atoms. The van der Waals surface area contributed by atoms with E-state index < -0.39 is 17.7 Å². The van der Waals surface area contributed by atoms with E-state index in [9.17, 15) is 14.0 Å². The van der Waals surface area contributed by atoms with Gasteiger partial charge in [0.25, 0.3) is 0 Å². The molecule has 0 bridgehead atoms. The van der Waals surface area contributed by atoms with E-state index in [4.69, 9.17) is 4.74 Å². The number of hydrogen-bond acceptors (Lipinski definition) is 4. The molecule has 0 saturated carbocycles. The average Bonchev–Trinajstić information content (AvgIpc) is 2.67. The number of carbonyl (C=O) groups is 2. The number of aromatic nitrogens is 1. The van der Waals surface area contributed by atoms with Crippen LogP contribution in [0.5, 0.6) is 0 Å². The zero-order chi connectivity index (χ0) is 19.2. The van der Waals surface area contributed by atoms with Gasteiger partial charge in [-0.15, -0.1) is 0 Å². The Morgan fingerprint density at radius 2 is 1.74 bits per heavy atom. The summed E-state index contributed by atoms with van der Waals surface area (Å²) in [5.41, 5.74) is 1.43. The lowest BCUT2D eigenvalue weighted by molar-refractivity contribution is 0.103. The molecule has 3 rings (SSSR count). The fraction of sp³-hybridized carbons (Fsp3) is 0.0952. The van der Waals surface area contributed by atoms with Gasteiger partial charge in [-0.2, -0.15) is 0 Å². The van der Waals surface area contributed by atoms with Crippen LogP contribution in [0, 0.1) is 12.7 Å². The van der Waals surface area contributed by atoms with Crippen molar-refractivity contribution in [2.45, 2.75) is 13.5 Å². The third kappa shape index (κ3) is 4.36. The highest BCUT2D eigenvalue weighted by Gasteiger charge is 2.21. The van der Waals surface area contributed by atoms with Gasteiger partial charge in [-0.1, -0.05) is 42.5 Å². The molecular weight excluding hydrogens is 347 g/mol. The Kier molecular flexibility index (Phi) is 5.56. The normalized spacial score (nSPS) is 10.3. The van der Waals surface area contributed by atoms with Crippen molar-refractivity contribution in [1.29, 1.82) is 0 Å². The number of carbonyl (C=O) groups excluding carboxylic acids is 2. The smallest absolute Gasteiger partial charge is 0.413 e. The Bertz CT molecular complexity index is 974. The number of ketones is 1. The fourth-order valence-corrected chi connectivity index (χ4v) is 2.58. The lowest BCUT2D eigenvalue weighted by Gasteiger charge is -2.12. The van der Waals surface area contributed by atoms with Gasteiger partial charge in [-0.3, -0.25) is 10.1 Å². The van der Waals surface area contributed by atoms with Crippen molar-refractivity contribution < 1.29 is 18.7 Å². The van der Waals surface area contributed by atoms with Crippen LogP contribution in [0.4, 0.5) is 15.0 Å². The summed E-state index contributed by atoms with van der Waals surface area (Å²) in [7, 11) is 0. The molecule has 1 amide bonds. The third-order valence-electron chi connectivity index (χ3n) is 3.94. The van der Waals surface area contributed by atoms with E-state index >= 15 is 0 Å². The van der Waals surface area contributed by atoms with Crippen LogP contribution in [0.15, 0.2) is 66.9 Å². The zero-order valence-electron chi connectivity index (χ0n) is 14.6. The Balaban J connectivity index is 1.80. The van der Waals surface area contributed by atoms with Gasteiger partial charge in [-0.05, 0) is 36.2 Å². The first-order chi connectivity index (χ1) is 13.1. The molecule has 136 valence electrons. The van der Waals surface area contributed by atoms with Crippen LogP contribution in [0.25, 0.3) is 0 Å². The second-order valence-corrected chi connectivity index (χ2v) is 5.85. The van der Waals surface area contributed by atoms with Gasteiger partial charge in [0.15, 0.2) is 5.78 Å². The van der Waals surface area contributed by atoms with E-state index in [-0.39, 0.29) is 23.6 Å². The Morgan fingerprint density at radius 3 is 2.48 bits per heavy atom.